The predicted molar refractivity (Wildman–Crippen MR) is 60.4 cm³/mol. The van der Waals surface area contributed by atoms with Crippen molar-refractivity contribution in [2.45, 2.75) is 34.1 Å². The van der Waals surface area contributed by atoms with Crippen molar-refractivity contribution in [2.75, 3.05) is 7.05 Å². The van der Waals surface area contributed by atoms with Gasteiger partial charge < -0.3 is 5.32 Å². The highest BCUT2D eigenvalue weighted by molar-refractivity contribution is 5.97. The second-order valence-corrected chi connectivity index (χ2v) is 3.32. The van der Waals surface area contributed by atoms with Crippen LogP contribution in [0, 0.1) is 5.92 Å². The number of hydrogen-bond acceptors (Lipinski definition) is 2. The summed E-state index contributed by atoms with van der Waals surface area (Å²) in [4.78, 5) is 15.6. The fraction of sp³-hybridized carbons (Fsp3) is 0.636. The summed E-state index contributed by atoms with van der Waals surface area (Å²) in [6.45, 7) is 7.99. The highest BCUT2D eigenvalue weighted by atomic mass is 16.1. The van der Waals surface area contributed by atoms with Crippen LogP contribution >= 0.6 is 0 Å². The largest absolute Gasteiger partial charge is 0.354 e. The SMILES string of the molecule is C/C=C(\N=C(\C)C(C)CC)C(=O)NC. The second kappa shape index (κ2) is 6.35. The minimum Gasteiger partial charge on any atom is -0.354 e. The molecule has 0 saturated carbocycles. The number of hydrogen-bond donors (Lipinski definition) is 1. The van der Waals surface area contributed by atoms with Crippen LogP contribution in [0.1, 0.15) is 34.1 Å². The molecular weight excluding hydrogens is 176 g/mol. The molecule has 14 heavy (non-hydrogen) atoms. The molecular formula is C11H20N2O. The maximum atomic E-state index is 11.3. The number of likely N-dealkylation sites (N-methyl/N-ethyl adjacent to an activating group) is 1. The van der Waals surface area contributed by atoms with E-state index >= 15 is 0 Å². The van der Waals surface area contributed by atoms with E-state index in [-0.39, 0.29) is 5.91 Å². The zero-order chi connectivity index (χ0) is 11.1. The lowest BCUT2D eigenvalue weighted by Gasteiger charge is -2.08. The van der Waals surface area contributed by atoms with E-state index < -0.39 is 0 Å². The number of rotatable bonds is 4. The molecule has 0 heterocycles. The van der Waals surface area contributed by atoms with Crippen molar-refractivity contribution >= 4 is 11.6 Å². The Bertz CT molecular complexity index is 254. The number of nitrogens with one attached hydrogen (secondary N) is 1. The summed E-state index contributed by atoms with van der Waals surface area (Å²) >= 11 is 0. The third kappa shape index (κ3) is 3.73. The molecule has 3 heteroatoms. The van der Waals surface area contributed by atoms with Crippen LogP contribution in [0.15, 0.2) is 16.8 Å². The normalized spacial score (nSPS) is 15.2. The topological polar surface area (TPSA) is 41.5 Å². The average Bonchev–Trinajstić information content (AvgIpc) is 2.22. The van der Waals surface area contributed by atoms with E-state index in [1.54, 1.807) is 13.1 Å². The fourth-order valence-corrected chi connectivity index (χ4v) is 0.970. The first kappa shape index (κ1) is 12.9. The first-order chi connectivity index (χ1) is 6.56. The van der Waals surface area contributed by atoms with Gasteiger partial charge in [0.1, 0.15) is 5.70 Å². The molecule has 0 aliphatic heterocycles. The van der Waals surface area contributed by atoms with E-state index in [1.165, 1.54) is 0 Å². The van der Waals surface area contributed by atoms with Crippen LogP contribution in [0.2, 0.25) is 0 Å². The molecule has 0 aromatic heterocycles. The molecule has 1 amide bonds. The van der Waals surface area contributed by atoms with Gasteiger partial charge in [0.25, 0.3) is 5.91 Å². The Morgan fingerprint density at radius 2 is 2.14 bits per heavy atom. The fourth-order valence-electron chi connectivity index (χ4n) is 0.970. The quantitative estimate of drug-likeness (QED) is 0.543. The van der Waals surface area contributed by atoms with Crippen molar-refractivity contribution in [3.63, 3.8) is 0 Å². The minimum atomic E-state index is -0.129. The second-order valence-electron chi connectivity index (χ2n) is 3.32. The Morgan fingerprint density at radius 3 is 2.50 bits per heavy atom. The van der Waals surface area contributed by atoms with Crippen molar-refractivity contribution in [3.8, 4) is 0 Å². The molecule has 0 saturated heterocycles. The van der Waals surface area contributed by atoms with E-state index in [4.69, 9.17) is 0 Å². The van der Waals surface area contributed by atoms with Crippen LogP contribution < -0.4 is 5.32 Å². The lowest BCUT2D eigenvalue weighted by Crippen LogP contribution is -2.20. The molecule has 0 aliphatic carbocycles. The van der Waals surface area contributed by atoms with Crippen LogP contribution in [0.5, 0.6) is 0 Å². The number of nitrogens with zero attached hydrogens (tertiary/aromatic N) is 1. The van der Waals surface area contributed by atoms with Gasteiger partial charge in [0, 0.05) is 12.8 Å². The van der Waals surface area contributed by atoms with Gasteiger partial charge in [-0.15, -0.1) is 0 Å². The van der Waals surface area contributed by atoms with Crippen LogP contribution in [0.25, 0.3) is 0 Å². The third-order valence-corrected chi connectivity index (χ3v) is 2.36. The van der Waals surface area contributed by atoms with Gasteiger partial charge in [0.2, 0.25) is 0 Å². The molecule has 0 aromatic rings. The summed E-state index contributed by atoms with van der Waals surface area (Å²) in [5.41, 5.74) is 1.49. The van der Waals surface area contributed by atoms with Gasteiger partial charge >= 0.3 is 0 Å². The Hall–Kier alpha value is -1.12. The first-order valence-electron chi connectivity index (χ1n) is 5.00. The number of carbonyl (C=O) groups excluding carboxylic acids is 1. The van der Waals surface area contributed by atoms with E-state index in [0.29, 0.717) is 11.6 Å². The average molecular weight is 196 g/mol. The van der Waals surface area contributed by atoms with E-state index in [1.807, 2.05) is 13.8 Å². The van der Waals surface area contributed by atoms with Crippen LogP contribution in [0.3, 0.4) is 0 Å². The maximum absolute atomic E-state index is 11.3. The first-order valence-corrected chi connectivity index (χ1v) is 5.00. The van der Waals surface area contributed by atoms with Crippen molar-refractivity contribution in [1.82, 2.24) is 5.32 Å². The van der Waals surface area contributed by atoms with E-state index in [0.717, 1.165) is 12.1 Å². The molecule has 0 aromatic carbocycles. The predicted octanol–water partition coefficient (Wildman–Crippen LogP) is 2.14. The molecule has 0 bridgehead atoms. The molecule has 0 rings (SSSR count). The summed E-state index contributed by atoms with van der Waals surface area (Å²) in [7, 11) is 1.61. The summed E-state index contributed by atoms with van der Waals surface area (Å²) in [6, 6.07) is 0. The highest BCUT2D eigenvalue weighted by Crippen LogP contribution is 2.07. The van der Waals surface area contributed by atoms with Crippen molar-refractivity contribution in [1.29, 1.82) is 0 Å². The van der Waals surface area contributed by atoms with Crippen molar-refractivity contribution < 1.29 is 4.79 Å². The van der Waals surface area contributed by atoms with Crippen molar-refractivity contribution in [3.05, 3.63) is 11.8 Å². The summed E-state index contributed by atoms with van der Waals surface area (Å²) in [5, 5.41) is 2.56. The van der Waals surface area contributed by atoms with Gasteiger partial charge in [-0.1, -0.05) is 19.9 Å². The third-order valence-electron chi connectivity index (χ3n) is 2.36. The highest BCUT2D eigenvalue weighted by Gasteiger charge is 2.07. The number of carbonyl (C=O) groups is 1. The zero-order valence-corrected chi connectivity index (χ0v) is 9.72. The van der Waals surface area contributed by atoms with Gasteiger partial charge in [0.15, 0.2) is 0 Å². The van der Waals surface area contributed by atoms with Crippen LogP contribution in [-0.4, -0.2) is 18.7 Å². The number of allylic oxidation sites excluding steroid dienone is 1. The summed E-state index contributed by atoms with van der Waals surface area (Å²) in [5.74, 6) is 0.296. The Labute approximate surface area is 86.3 Å². The lowest BCUT2D eigenvalue weighted by atomic mass is 10.0. The number of aliphatic imine (C=N–C) groups is 1. The standard InChI is InChI=1S/C11H20N2O/c1-6-8(3)9(4)13-10(7-2)11(14)12-5/h7-8H,6H2,1-5H3,(H,12,14)/b10-7-,13-9-. The van der Waals surface area contributed by atoms with E-state index in [2.05, 4.69) is 24.2 Å². The summed E-state index contributed by atoms with van der Waals surface area (Å²) < 4.78 is 0. The molecule has 0 radical (unpaired) electrons. The van der Waals surface area contributed by atoms with Gasteiger partial charge in [-0.3, -0.25) is 9.79 Å². The molecule has 0 aliphatic rings. The Kier molecular flexibility index (Phi) is 5.84. The molecule has 1 atom stereocenters. The van der Waals surface area contributed by atoms with Crippen LogP contribution in [0.4, 0.5) is 0 Å². The van der Waals surface area contributed by atoms with Gasteiger partial charge in [0.05, 0.1) is 0 Å². The maximum Gasteiger partial charge on any atom is 0.269 e. The van der Waals surface area contributed by atoms with Gasteiger partial charge in [-0.2, -0.15) is 0 Å². The lowest BCUT2D eigenvalue weighted by molar-refractivity contribution is -0.117. The monoisotopic (exact) mass is 196 g/mol. The van der Waals surface area contributed by atoms with Crippen molar-refractivity contribution in [2.24, 2.45) is 10.9 Å². The van der Waals surface area contributed by atoms with Gasteiger partial charge in [-0.25, -0.2) is 0 Å². The molecule has 3 nitrogen and oxygen atoms in total. The molecule has 0 fully saturated rings. The van der Waals surface area contributed by atoms with Gasteiger partial charge in [-0.05, 0) is 26.2 Å². The zero-order valence-electron chi connectivity index (χ0n) is 9.72. The number of amides is 1. The molecule has 1 unspecified atom stereocenters. The molecule has 80 valence electrons. The Morgan fingerprint density at radius 1 is 1.57 bits per heavy atom. The summed E-state index contributed by atoms with van der Waals surface area (Å²) in [6.07, 6.45) is 2.77. The van der Waals surface area contributed by atoms with E-state index in [9.17, 15) is 4.79 Å². The minimum absolute atomic E-state index is 0.129. The molecule has 0 spiro atoms. The smallest absolute Gasteiger partial charge is 0.269 e. The Balaban J connectivity index is 4.68. The van der Waals surface area contributed by atoms with Crippen LogP contribution in [-0.2, 0) is 4.79 Å². The molecule has 1 N–H and O–H groups in total.